The summed E-state index contributed by atoms with van der Waals surface area (Å²) in [6.07, 6.45) is 0.149. The highest BCUT2D eigenvalue weighted by Crippen LogP contribution is 2.30. The van der Waals surface area contributed by atoms with E-state index in [1.165, 1.54) is 35.3 Å². The lowest BCUT2D eigenvalue weighted by atomic mass is 10.1. The zero-order valence-electron chi connectivity index (χ0n) is 16.7. The number of para-hydroxylation sites is 1. The molecule has 0 bridgehead atoms. The fourth-order valence-corrected chi connectivity index (χ4v) is 4.09. The molecule has 0 aliphatic rings. The first-order valence-corrected chi connectivity index (χ1v) is 10.5. The standard InChI is InChI=1S/C24H19FN2O3S/c1-16(28)27(22-9-5-4-8-21(22)25)24-26-20(15-31-24)14-30-23(29)13-17-10-11-18-6-2-3-7-19(18)12-17/h2-12,15H,13-14H2,1H3. The third-order valence-electron chi connectivity index (χ3n) is 4.68. The molecule has 31 heavy (non-hydrogen) atoms. The number of halogens is 1. The number of hydrogen-bond donors (Lipinski definition) is 0. The zero-order valence-corrected chi connectivity index (χ0v) is 17.6. The number of benzene rings is 3. The number of rotatable bonds is 6. The third-order valence-corrected chi connectivity index (χ3v) is 5.56. The fraction of sp³-hybridized carbons (Fsp3) is 0.125. The molecule has 0 N–H and O–H groups in total. The first kappa shape index (κ1) is 20.7. The molecule has 156 valence electrons. The highest BCUT2D eigenvalue weighted by atomic mass is 32.1. The molecule has 0 aliphatic heterocycles. The maximum Gasteiger partial charge on any atom is 0.310 e. The largest absolute Gasteiger partial charge is 0.459 e. The van der Waals surface area contributed by atoms with Gasteiger partial charge in [0, 0.05) is 12.3 Å². The van der Waals surface area contributed by atoms with Crippen LogP contribution >= 0.6 is 11.3 Å². The minimum absolute atomic E-state index is 0.0219. The van der Waals surface area contributed by atoms with Gasteiger partial charge < -0.3 is 4.74 Å². The summed E-state index contributed by atoms with van der Waals surface area (Å²) in [5, 5.41) is 4.18. The number of hydrogen-bond acceptors (Lipinski definition) is 5. The molecule has 0 aliphatic carbocycles. The summed E-state index contributed by atoms with van der Waals surface area (Å²) in [6.45, 7) is 1.32. The first-order valence-electron chi connectivity index (χ1n) is 9.64. The van der Waals surface area contributed by atoms with Crippen LogP contribution in [-0.4, -0.2) is 16.9 Å². The van der Waals surface area contributed by atoms with Gasteiger partial charge in [-0.05, 0) is 28.5 Å². The summed E-state index contributed by atoms with van der Waals surface area (Å²) in [5.41, 5.74) is 1.49. The van der Waals surface area contributed by atoms with Gasteiger partial charge in [0.15, 0.2) is 5.13 Å². The van der Waals surface area contributed by atoms with Gasteiger partial charge in [-0.2, -0.15) is 0 Å². The van der Waals surface area contributed by atoms with Gasteiger partial charge in [-0.25, -0.2) is 9.37 Å². The van der Waals surface area contributed by atoms with Crippen molar-refractivity contribution in [2.45, 2.75) is 20.0 Å². The molecule has 1 aromatic heterocycles. The van der Waals surface area contributed by atoms with Crippen molar-refractivity contribution in [2.75, 3.05) is 4.90 Å². The van der Waals surface area contributed by atoms with E-state index >= 15 is 0 Å². The summed E-state index contributed by atoms with van der Waals surface area (Å²) >= 11 is 1.18. The summed E-state index contributed by atoms with van der Waals surface area (Å²) < 4.78 is 19.5. The molecule has 1 heterocycles. The van der Waals surface area contributed by atoms with E-state index in [1.807, 2.05) is 42.5 Å². The van der Waals surface area contributed by atoms with Crippen molar-refractivity contribution >= 4 is 44.8 Å². The highest BCUT2D eigenvalue weighted by molar-refractivity contribution is 7.14. The molecule has 1 amide bonds. The van der Waals surface area contributed by atoms with E-state index in [0.717, 1.165) is 16.3 Å². The van der Waals surface area contributed by atoms with E-state index in [0.29, 0.717) is 10.8 Å². The van der Waals surface area contributed by atoms with Crippen LogP contribution in [0, 0.1) is 5.82 Å². The Kier molecular flexibility index (Phi) is 6.04. The molecule has 4 rings (SSSR count). The van der Waals surface area contributed by atoms with Crippen molar-refractivity contribution in [2.24, 2.45) is 0 Å². The Morgan fingerprint density at radius 3 is 2.55 bits per heavy atom. The van der Waals surface area contributed by atoms with E-state index < -0.39 is 5.82 Å². The number of amides is 1. The van der Waals surface area contributed by atoms with Gasteiger partial charge in [-0.1, -0.05) is 54.6 Å². The Balaban J connectivity index is 1.41. The molecule has 0 saturated carbocycles. The van der Waals surface area contributed by atoms with Crippen molar-refractivity contribution in [3.63, 3.8) is 0 Å². The van der Waals surface area contributed by atoms with E-state index in [4.69, 9.17) is 4.74 Å². The number of aromatic nitrogens is 1. The molecule has 3 aromatic carbocycles. The minimum atomic E-state index is -0.517. The number of anilines is 2. The predicted octanol–water partition coefficient (Wildman–Crippen LogP) is 5.41. The lowest BCUT2D eigenvalue weighted by molar-refractivity contribution is -0.144. The first-order chi connectivity index (χ1) is 15.0. The quantitative estimate of drug-likeness (QED) is 0.381. The molecule has 0 saturated heterocycles. The van der Waals surface area contributed by atoms with Crippen molar-refractivity contribution < 1.29 is 18.7 Å². The summed E-state index contributed by atoms with van der Waals surface area (Å²) in [6, 6.07) is 19.8. The van der Waals surface area contributed by atoms with Gasteiger partial charge in [0.05, 0.1) is 17.8 Å². The van der Waals surface area contributed by atoms with Crippen LogP contribution in [0.4, 0.5) is 15.2 Å². The van der Waals surface area contributed by atoms with Crippen LogP contribution in [0.2, 0.25) is 0 Å². The van der Waals surface area contributed by atoms with Crippen LogP contribution in [0.5, 0.6) is 0 Å². The van der Waals surface area contributed by atoms with Gasteiger partial charge >= 0.3 is 5.97 Å². The van der Waals surface area contributed by atoms with Gasteiger partial charge in [-0.15, -0.1) is 11.3 Å². The molecule has 0 atom stereocenters. The number of carbonyl (C=O) groups is 2. The molecular weight excluding hydrogens is 415 g/mol. The number of nitrogens with zero attached hydrogens (tertiary/aromatic N) is 2. The number of thiazole rings is 1. The fourth-order valence-electron chi connectivity index (χ4n) is 3.23. The molecular formula is C24H19FN2O3S. The van der Waals surface area contributed by atoms with Crippen LogP contribution in [0.25, 0.3) is 10.8 Å². The normalized spacial score (nSPS) is 10.8. The van der Waals surface area contributed by atoms with Crippen molar-refractivity contribution in [1.82, 2.24) is 4.98 Å². The smallest absolute Gasteiger partial charge is 0.310 e. The van der Waals surface area contributed by atoms with E-state index in [2.05, 4.69) is 4.98 Å². The van der Waals surface area contributed by atoms with E-state index in [-0.39, 0.29) is 30.6 Å². The second-order valence-electron chi connectivity index (χ2n) is 6.95. The maximum absolute atomic E-state index is 14.2. The topological polar surface area (TPSA) is 59.5 Å². The van der Waals surface area contributed by atoms with Crippen molar-refractivity contribution in [3.05, 3.63) is 89.2 Å². The predicted molar refractivity (Wildman–Crippen MR) is 119 cm³/mol. The molecule has 0 spiro atoms. The lowest BCUT2D eigenvalue weighted by Crippen LogP contribution is -2.23. The average molecular weight is 434 g/mol. The Morgan fingerprint density at radius 1 is 1.03 bits per heavy atom. The number of fused-ring (bicyclic) bond motifs is 1. The molecule has 0 radical (unpaired) electrons. The van der Waals surface area contributed by atoms with Gasteiger partial charge in [0.25, 0.3) is 0 Å². The Morgan fingerprint density at radius 2 is 1.77 bits per heavy atom. The number of ether oxygens (including phenoxy) is 1. The SMILES string of the molecule is CC(=O)N(c1nc(COC(=O)Cc2ccc3ccccc3c2)cs1)c1ccccc1F. The molecule has 5 nitrogen and oxygen atoms in total. The monoisotopic (exact) mass is 434 g/mol. The van der Waals surface area contributed by atoms with Crippen LogP contribution < -0.4 is 4.90 Å². The van der Waals surface area contributed by atoms with Crippen molar-refractivity contribution in [3.8, 4) is 0 Å². The lowest BCUT2D eigenvalue weighted by Gasteiger charge is -2.18. The third kappa shape index (κ3) is 4.78. The van der Waals surface area contributed by atoms with Crippen LogP contribution in [0.1, 0.15) is 18.2 Å². The highest BCUT2D eigenvalue weighted by Gasteiger charge is 2.21. The summed E-state index contributed by atoms with van der Waals surface area (Å²) in [4.78, 5) is 29.9. The number of carbonyl (C=O) groups excluding carboxylic acids is 2. The molecule has 7 heteroatoms. The van der Waals surface area contributed by atoms with Gasteiger partial charge in [0.2, 0.25) is 5.91 Å². The Hall–Kier alpha value is -3.58. The van der Waals surface area contributed by atoms with Gasteiger partial charge in [0.1, 0.15) is 12.4 Å². The van der Waals surface area contributed by atoms with Gasteiger partial charge in [-0.3, -0.25) is 14.5 Å². The van der Waals surface area contributed by atoms with Crippen molar-refractivity contribution in [1.29, 1.82) is 0 Å². The summed E-state index contributed by atoms with van der Waals surface area (Å²) in [7, 11) is 0. The van der Waals surface area contributed by atoms with Crippen LogP contribution in [-0.2, 0) is 27.4 Å². The zero-order chi connectivity index (χ0) is 21.8. The minimum Gasteiger partial charge on any atom is -0.459 e. The maximum atomic E-state index is 14.2. The Labute approximate surface area is 182 Å². The van der Waals surface area contributed by atoms with E-state index in [9.17, 15) is 14.0 Å². The second kappa shape index (κ2) is 9.06. The Bertz CT molecular complexity index is 1250. The molecule has 0 unspecified atom stereocenters. The van der Waals surface area contributed by atoms with E-state index in [1.54, 1.807) is 17.5 Å². The average Bonchev–Trinajstić information content (AvgIpc) is 3.22. The second-order valence-corrected chi connectivity index (χ2v) is 7.78. The number of esters is 1. The van der Waals surface area contributed by atoms with Crippen LogP contribution in [0.3, 0.4) is 0 Å². The molecule has 0 fully saturated rings. The summed E-state index contributed by atoms with van der Waals surface area (Å²) in [5.74, 6) is -1.25. The molecule has 4 aromatic rings. The van der Waals surface area contributed by atoms with Crippen LogP contribution in [0.15, 0.2) is 72.1 Å².